The van der Waals surface area contributed by atoms with Gasteiger partial charge in [-0.15, -0.1) is 0 Å². The van der Waals surface area contributed by atoms with E-state index in [9.17, 15) is 8.42 Å². The molecule has 0 radical (unpaired) electrons. The lowest BCUT2D eigenvalue weighted by Crippen LogP contribution is -2.09. The number of nitrogens with two attached hydrogens (primary N) is 3. The van der Waals surface area contributed by atoms with E-state index in [1.54, 1.807) is 18.2 Å². The van der Waals surface area contributed by atoms with E-state index in [-0.39, 0.29) is 21.2 Å². The van der Waals surface area contributed by atoms with Crippen LogP contribution in [0.25, 0.3) is 0 Å². The molecule has 0 spiro atoms. The van der Waals surface area contributed by atoms with Gasteiger partial charge >= 0.3 is 0 Å². The molecule has 0 aliphatic carbocycles. The molecule has 0 amide bonds. The molecule has 0 aliphatic heterocycles. The number of sulfone groups is 1. The molecule has 2 aromatic carbocycles. The Bertz CT molecular complexity index is 676. The lowest BCUT2D eigenvalue weighted by molar-refractivity contribution is 0.597. The third kappa shape index (κ3) is 1.98. The number of anilines is 3. The van der Waals surface area contributed by atoms with Crippen LogP contribution in [-0.4, -0.2) is 8.42 Å². The first-order valence-corrected chi connectivity index (χ1v) is 6.66. The van der Waals surface area contributed by atoms with E-state index in [0.29, 0.717) is 5.69 Å². The molecular formula is C12H13N3O2S. The Morgan fingerprint density at radius 2 is 1.39 bits per heavy atom. The first kappa shape index (κ1) is 12.3. The van der Waals surface area contributed by atoms with Crippen molar-refractivity contribution in [1.29, 1.82) is 0 Å². The van der Waals surface area contributed by atoms with Crippen molar-refractivity contribution in [2.45, 2.75) is 9.79 Å². The summed E-state index contributed by atoms with van der Waals surface area (Å²) < 4.78 is 24.8. The predicted octanol–water partition coefficient (Wildman–Crippen LogP) is 1.27. The molecule has 0 bridgehead atoms. The molecular weight excluding hydrogens is 250 g/mol. The van der Waals surface area contributed by atoms with Gasteiger partial charge in [-0.25, -0.2) is 8.42 Å². The van der Waals surface area contributed by atoms with Crippen molar-refractivity contribution < 1.29 is 8.42 Å². The van der Waals surface area contributed by atoms with E-state index in [2.05, 4.69) is 0 Å². The van der Waals surface area contributed by atoms with Gasteiger partial charge in [0.2, 0.25) is 9.84 Å². The maximum Gasteiger partial charge on any atom is 0.210 e. The first-order valence-electron chi connectivity index (χ1n) is 5.17. The van der Waals surface area contributed by atoms with Gasteiger partial charge in [0.1, 0.15) is 4.90 Å². The smallest absolute Gasteiger partial charge is 0.210 e. The summed E-state index contributed by atoms with van der Waals surface area (Å²) in [5.74, 6) is 0. The van der Waals surface area contributed by atoms with Crippen LogP contribution in [0.3, 0.4) is 0 Å². The van der Waals surface area contributed by atoms with Crippen LogP contribution >= 0.6 is 0 Å². The average molecular weight is 263 g/mol. The van der Waals surface area contributed by atoms with Gasteiger partial charge in [-0.1, -0.05) is 12.1 Å². The average Bonchev–Trinajstić information content (AvgIpc) is 2.28. The summed E-state index contributed by atoms with van der Waals surface area (Å²) in [6.07, 6.45) is 0. The summed E-state index contributed by atoms with van der Waals surface area (Å²) in [6, 6.07) is 10.6. The zero-order chi connectivity index (χ0) is 13.3. The van der Waals surface area contributed by atoms with Gasteiger partial charge in [-0.3, -0.25) is 0 Å². The van der Waals surface area contributed by atoms with Crippen LogP contribution < -0.4 is 17.2 Å². The molecule has 94 valence electrons. The molecule has 6 N–H and O–H groups in total. The number of hydrogen-bond acceptors (Lipinski definition) is 5. The van der Waals surface area contributed by atoms with E-state index in [1.807, 2.05) is 0 Å². The van der Waals surface area contributed by atoms with Gasteiger partial charge in [0, 0.05) is 5.69 Å². The minimum atomic E-state index is -3.75. The highest BCUT2D eigenvalue weighted by atomic mass is 32.2. The van der Waals surface area contributed by atoms with Gasteiger partial charge < -0.3 is 17.2 Å². The summed E-state index contributed by atoms with van der Waals surface area (Å²) in [5.41, 5.74) is 17.6. The van der Waals surface area contributed by atoms with Crippen molar-refractivity contribution in [2.75, 3.05) is 17.2 Å². The Hall–Kier alpha value is -2.21. The molecule has 2 rings (SSSR count). The second-order valence-electron chi connectivity index (χ2n) is 3.84. The molecule has 0 aromatic heterocycles. The van der Waals surface area contributed by atoms with Crippen molar-refractivity contribution >= 4 is 26.9 Å². The lowest BCUT2D eigenvalue weighted by atomic mass is 10.3. The predicted molar refractivity (Wildman–Crippen MR) is 71.6 cm³/mol. The van der Waals surface area contributed by atoms with Crippen LogP contribution in [0, 0.1) is 0 Å². The number of nitrogen functional groups attached to an aromatic ring is 3. The van der Waals surface area contributed by atoms with Crippen LogP contribution in [-0.2, 0) is 9.84 Å². The fraction of sp³-hybridized carbons (Fsp3) is 0. The number of benzene rings is 2. The van der Waals surface area contributed by atoms with Crippen molar-refractivity contribution in [1.82, 2.24) is 0 Å². The van der Waals surface area contributed by atoms with E-state index >= 15 is 0 Å². The molecule has 6 heteroatoms. The van der Waals surface area contributed by atoms with Crippen LogP contribution in [0.5, 0.6) is 0 Å². The van der Waals surface area contributed by atoms with Crippen molar-refractivity contribution in [3.05, 3.63) is 42.5 Å². The SMILES string of the molecule is Nc1cccc(S(=O)(=O)c2c(N)cccc2N)c1. The molecule has 0 heterocycles. The topological polar surface area (TPSA) is 112 Å². The normalized spacial score (nSPS) is 11.3. The molecule has 0 aliphatic rings. The third-order valence-electron chi connectivity index (χ3n) is 2.51. The third-order valence-corrected chi connectivity index (χ3v) is 4.40. The Morgan fingerprint density at radius 3 is 1.94 bits per heavy atom. The summed E-state index contributed by atoms with van der Waals surface area (Å²) in [6.45, 7) is 0. The molecule has 0 saturated heterocycles. The lowest BCUT2D eigenvalue weighted by Gasteiger charge is -2.10. The number of rotatable bonds is 2. The molecule has 18 heavy (non-hydrogen) atoms. The highest BCUT2D eigenvalue weighted by Gasteiger charge is 2.23. The molecule has 0 saturated carbocycles. The fourth-order valence-corrected chi connectivity index (χ4v) is 3.22. The Labute approximate surface area is 105 Å². The van der Waals surface area contributed by atoms with Crippen LogP contribution in [0.1, 0.15) is 0 Å². The van der Waals surface area contributed by atoms with Gasteiger partial charge in [0.25, 0.3) is 0 Å². The van der Waals surface area contributed by atoms with Gasteiger partial charge in [-0.05, 0) is 30.3 Å². The molecule has 0 fully saturated rings. The second-order valence-corrected chi connectivity index (χ2v) is 5.73. The minimum absolute atomic E-state index is 0.0735. The Morgan fingerprint density at radius 1 is 0.833 bits per heavy atom. The molecule has 2 aromatic rings. The fourth-order valence-electron chi connectivity index (χ4n) is 1.68. The van der Waals surface area contributed by atoms with Crippen LogP contribution in [0.2, 0.25) is 0 Å². The zero-order valence-corrected chi connectivity index (χ0v) is 10.3. The molecule has 0 unspecified atom stereocenters. The first-order chi connectivity index (χ1) is 8.43. The van der Waals surface area contributed by atoms with Crippen LogP contribution in [0.15, 0.2) is 52.3 Å². The van der Waals surface area contributed by atoms with Crippen molar-refractivity contribution in [3.8, 4) is 0 Å². The van der Waals surface area contributed by atoms with E-state index in [1.165, 1.54) is 24.3 Å². The maximum absolute atomic E-state index is 12.4. The standard InChI is InChI=1S/C12H13N3O2S/c13-8-3-1-4-9(7-8)18(16,17)12-10(14)5-2-6-11(12)15/h1-7H,13-15H2. The van der Waals surface area contributed by atoms with Crippen molar-refractivity contribution in [3.63, 3.8) is 0 Å². The van der Waals surface area contributed by atoms with Gasteiger partial charge in [0.15, 0.2) is 0 Å². The summed E-state index contributed by atoms with van der Waals surface area (Å²) >= 11 is 0. The maximum atomic E-state index is 12.4. The van der Waals surface area contributed by atoms with E-state index < -0.39 is 9.84 Å². The highest BCUT2D eigenvalue weighted by Crippen LogP contribution is 2.31. The van der Waals surface area contributed by atoms with Gasteiger partial charge in [-0.2, -0.15) is 0 Å². The van der Waals surface area contributed by atoms with Gasteiger partial charge in [0.05, 0.1) is 16.3 Å². The summed E-state index contributed by atoms with van der Waals surface area (Å²) in [7, 11) is -3.75. The second kappa shape index (κ2) is 4.23. The summed E-state index contributed by atoms with van der Waals surface area (Å²) in [5, 5.41) is 0. The monoisotopic (exact) mass is 263 g/mol. The van der Waals surface area contributed by atoms with E-state index in [0.717, 1.165) is 0 Å². The quantitative estimate of drug-likeness (QED) is 0.706. The minimum Gasteiger partial charge on any atom is -0.399 e. The zero-order valence-electron chi connectivity index (χ0n) is 9.50. The van der Waals surface area contributed by atoms with E-state index in [4.69, 9.17) is 17.2 Å². The van der Waals surface area contributed by atoms with Crippen molar-refractivity contribution in [2.24, 2.45) is 0 Å². The summed E-state index contributed by atoms with van der Waals surface area (Å²) in [4.78, 5) is 0.00250. The largest absolute Gasteiger partial charge is 0.399 e. The number of hydrogen-bond donors (Lipinski definition) is 3. The Kier molecular flexibility index (Phi) is 2.88. The molecule has 0 atom stereocenters. The highest BCUT2D eigenvalue weighted by molar-refractivity contribution is 7.91. The molecule has 5 nitrogen and oxygen atoms in total. The Balaban J connectivity index is 2.70. The van der Waals surface area contributed by atoms with Crippen LogP contribution in [0.4, 0.5) is 17.1 Å².